The van der Waals surface area contributed by atoms with E-state index in [1.54, 1.807) is 13.8 Å². The number of hydrogen-bond donors (Lipinski definition) is 3. The molecule has 1 atom stereocenters. The van der Waals surface area contributed by atoms with Crippen LogP contribution in [-0.2, 0) is 20.8 Å². The highest BCUT2D eigenvalue weighted by Gasteiger charge is 2.23. The van der Waals surface area contributed by atoms with Crippen LogP contribution in [-0.4, -0.2) is 35.5 Å². The molecule has 0 aliphatic carbocycles. The topological polar surface area (TPSA) is 95.5 Å². The van der Waals surface area contributed by atoms with Gasteiger partial charge in [-0.25, -0.2) is 4.79 Å². The number of benzene rings is 2. The molecule has 25 heavy (non-hydrogen) atoms. The molecular formula is C19H22N2O4. The lowest BCUT2D eigenvalue weighted by Crippen LogP contribution is -2.48. The lowest BCUT2D eigenvalue weighted by molar-refractivity contribution is -0.143. The van der Waals surface area contributed by atoms with E-state index in [1.165, 1.54) is 0 Å². The minimum Gasteiger partial charge on any atom is -0.480 e. The predicted molar refractivity (Wildman–Crippen MR) is 95.1 cm³/mol. The van der Waals surface area contributed by atoms with Gasteiger partial charge < -0.3 is 15.7 Å². The molecule has 0 radical (unpaired) electrons. The van der Waals surface area contributed by atoms with Gasteiger partial charge in [-0.15, -0.1) is 0 Å². The van der Waals surface area contributed by atoms with E-state index in [2.05, 4.69) is 10.6 Å². The molecule has 0 saturated carbocycles. The Bertz CT molecular complexity index is 781. The molecule has 0 spiro atoms. The molecule has 0 saturated heterocycles. The van der Waals surface area contributed by atoms with Crippen molar-refractivity contribution in [2.24, 2.45) is 5.92 Å². The van der Waals surface area contributed by atoms with Gasteiger partial charge in [0, 0.05) is 0 Å². The van der Waals surface area contributed by atoms with Gasteiger partial charge in [0.2, 0.25) is 11.8 Å². The average Bonchev–Trinajstić information content (AvgIpc) is 2.57. The van der Waals surface area contributed by atoms with E-state index in [9.17, 15) is 14.4 Å². The first-order valence-corrected chi connectivity index (χ1v) is 8.14. The van der Waals surface area contributed by atoms with E-state index in [0.717, 1.165) is 16.3 Å². The lowest BCUT2D eigenvalue weighted by Gasteiger charge is -2.18. The second kappa shape index (κ2) is 8.28. The van der Waals surface area contributed by atoms with Crippen molar-refractivity contribution in [2.75, 3.05) is 6.54 Å². The van der Waals surface area contributed by atoms with E-state index in [1.807, 2.05) is 42.5 Å². The van der Waals surface area contributed by atoms with Gasteiger partial charge in [0.15, 0.2) is 0 Å². The number of nitrogens with one attached hydrogen (secondary N) is 2. The number of carbonyl (C=O) groups excluding carboxylic acids is 2. The van der Waals surface area contributed by atoms with Crippen LogP contribution < -0.4 is 10.6 Å². The van der Waals surface area contributed by atoms with E-state index in [4.69, 9.17) is 5.11 Å². The zero-order chi connectivity index (χ0) is 18.4. The Morgan fingerprint density at radius 3 is 2.36 bits per heavy atom. The fourth-order valence-corrected chi connectivity index (χ4v) is 2.60. The SMILES string of the molecule is CC(C)C(NC(=O)CNC(=O)Cc1cccc2ccccc12)C(=O)O. The van der Waals surface area contributed by atoms with Gasteiger partial charge in [0.05, 0.1) is 13.0 Å². The quantitative estimate of drug-likeness (QED) is 0.714. The van der Waals surface area contributed by atoms with Crippen LogP contribution >= 0.6 is 0 Å². The largest absolute Gasteiger partial charge is 0.480 e. The van der Waals surface area contributed by atoms with Crippen molar-refractivity contribution in [2.45, 2.75) is 26.3 Å². The maximum Gasteiger partial charge on any atom is 0.326 e. The summed E-state index contributed by atoms with van der Waals surface area (Å²) < 4.78 is 0. The van der Waals surface area contributed by atoms with E-state index >= 15 is 0 Å². The van der Waals surface area contributed by atoms with Gasteiger partial charge in [0.1, 0.15) is 6.04 Å². The molecule has 2 aromatic carbocycles. The van der Waals surface area contributed by atoms with Crippen molar-refractivity contribution in [1.82, 2.24) is 10.6 Å². The highest BCUT2D eigenvalue weighted by atomic mass is 16.4. The molecule has 0 aliphatic heterocycles. The second-order valence-corrected chi connectivity index (χ2v) is 6.22. The zero-order valence-electron chi connectivity index (χ0n) is 14.3. The minimum absolute atomic E-state index is 0.154. The van der Waals surface area contributed by atoms with E-state index < -0.39 is 17.9 Å². The normalized spacial score (nSPS) is 12.0. The Hall–Kier alpha value is -2.89. The molecule has 0 aliphatic rings. The number of carboxylic acids is 1. The summed E-state index contributed by atoms with van der Waals surface area (Å²) in [6.07, 6.45) is 0.154. The summed E-state index contributed by atoms with van der Waals surface area (Å²) in [7, 11) is 0. The Kier molecular flexibility index (Phi) is 6.11. The number of fused-ring (bicyclic) bond motifs is 1. The maximum absolute atomic E-state index is 12.1. The van der Waals surface area contributed by atoms with Gasteiger partial charge in [-0.3, -0.25) is 9.59 Å². The molecule has 3 N–H and O–H groups in total. The number of carbonyl (C=O) groups is 3. The second-order valence-electron chi connectivity index (χ2n) is 6.22. The smallest absolute Gasteiger partial charge is 0.326 e. The lowest BCUT2D eigenvalue weighted by atomic mass is 10.0. The van der Waals surface area contributed by atoms with Crippen LogP contribution in [0.4, 0.5) is 0 Å². The summed E-state index contributed by atoms with van der Waals surface area (Å²) in [5.41, 5.74) is 0.876. The molecule has 6 heteroatoms. The highest BCUT2D eigenvalue weighted by molar-refractivity contribution is 5.92. The molecule has 0 fully saturated rings. The third-order valence-corrected chi connectivity index (χ3v) is 3.93. The predicted octanol–water partition coefficient (Wildman–Crippen LogP) is 1.72. The van der Waals surface area contributed by atoms with Crippen molar-refractivity contribution in [3.63, 3.8) is 0 Å². The summed E-state index contributed by atoms with van der Waals surface area (Å²) in [5.74, 6) is -2.14. The molecule has 0 bridgehead atoms. The van der Waals surface area contributed by atoms with Crippen LogP contribution in [0, 0.1) is 5.92 Å². The Morgan fingerprint density at radius 1 is 1.00 bits per heavy atom. The molecule has 2 rings (SSSR count). The molecule has 132 valence electrons. The third-order valence-electron chi connectivity index (χ3n) is 3.93. The number of hydrogen-bond acceptors (Lipinski definition) is 3. The molecule has 2 amide bonds. The highest BCUT2D eigenvalue weighted by Crippen LogP contribution is 2.18. The number of aliphatic carboxylic acids is 1. The van der Waals surface area contributed by atoms with Gasteiger partial charge in [-0.2, -0.15) is 0 Å². The number of amides is 2. The molecule has 1 unspecified atom stereocenters. The van der Waals surface area contributed by atoms with Gasteiger partial charge in [0.25, 0.3) is 0 Å². The zero-order valence-corrected chi connectivity index (χ0v) is 14.3. The van der Waals surface area contributed by atoms with Crippen molar-refractivity contribution in [3.05, 3.63) is 48.0 Å². The van der Waals surface area contributed by atoms with Crippen LogP contribution in [0.15, 0.2) is 42.5 Å². The number of carboxylic acid groups (broad SMARTS) is 1. The van der Waals surface area contributed by atoms with Crippen molar-refractivity contribution in [3.8, 4) is 0 Å². The average molecular weight is 342 g/mol. The first-order valence-electron chi connectivity index (χ1n) is 8.14. The van der Waals surface area contributed by atoms with Crippen LogP contribution in [0.1, 0.15) is 19.4 Å². The molecule has 0 heterocycles. The summed E-state index contributed by atoms with van der Waals surface area (Å²) in [6.45, 7) is 3.16. The molecule has 2 aromatic rings. The first-order chi connectivity index (χ1) is 11.9. The van der Waals surface area contributed by atoms with Gasteiger partial charge in [-0.1, -0.05) is 56.3 Å². The fourth-order valence-electron chi connectivity index (χ4n) is 2.60. The monoisotopic (exact) mass is 342 g/mol. The molecular weight excluding hydrogens is 320 g/mol. The third kappa shape index (κ3) is 5.04. The van der Waals surface area contributed by atoms with Gasteiger partial charge in [-0.05, 0) is 22.3 Å². The fraction of sp³-hybridized carbons (Fsp3) is 0.316. The van der Waals surface area contributed by atoms with E-state index in [0.29, 0.717) is 0 Å². The summed E-state index contributed by atoms with van der Waals surface area (Å²) in [5, 5.41) is 16.1. The van der Waals surface area contributed by atoms with Crippen molar-refractivity contribution < 1.29 is 19.5 Å². The number of rotatable bonds is 7. The summed E-state index contributed by atoms with van der Waals surface area (Å²) in [6, 6.07) is 12.5. The molecule has 0 aromatic heterocycles. The van der Waals surface area contributed by atoms with E-state index in [-0.39, 0.29) is 24.8 Å². The Labute approximate surface area is 146 Å². The summed E-state index contributed by atoms with van der Waals surface area (Å²) >= 11 is 0. The van der Waals surface area contributed by atoms with Crippen LogP contribution in [0.3, 0.4) is 0 Å². The van der Waals surface area contributed by atoms with Crippen LogP contribution in [0.2, 0.25) is 0 Å². The van der Waals surface area contributed by atoms with Crippen molar-refractivity contribution in [1.29, 1.82) is 0 Å². The maximum atomic E-state index is 12.1. The molecule has 6 nitrogen and oxygen atoms in total. The van der Waals surface area contributed by atoms with Crippen molar-refractivity contribution >= 4 is 28.6 Å². The summed E-state index contributed by atoms with van der Waals surface area (Å²) in [4.78, 5) is 35.0. The first kappa shape index (κ1) is 18.4. The van der Waals surface area contributed by atoms with Crippen LogP contribution in [0.25, 0.3) is 10.8 Å². The van der Waals surface area contributed by atoms with Crippen LogP contribution in [0.5, 0.6) is 0 Å². The minimum atomic E-state index is -1.09. The Balaban J connectivity index is 1.92. The standard InChI is InChI=1S/C19H22N2O4/c1-12(2)18(19(24)25)21-17(23)11-20-16(22)10-14-8-5-7-13-6-3-4-9-15(13)14/h3-9,12,18H,10-11H2,1-2H3,(H,20,22)(H,21,23)(H,24,25). The Morgan fingerprint density at radius 2 is 1.68 bits per heavy atom. The van der Waals surface area contributed by atoms with Gasteiger partial charge >= 0.3 is 5.97 Å².